The quantitative estimate of drug-likeness (QED) is 0.805. The number of piperidine rings is 1. The van der Waals surface area contributed by atoms with Crippen LogP contribution in [0.3, 0.4) is 0 Å². The van der Waals surface area contributed by atoms with E-state index in [1.807, 2.05) is 0 Å². The Kier molecular flexibility index (Phi) is 3.27. The van der Waals surface area contributed by atoms with Crippen molar-refractivity contribution in [1.82, 2.24) is 4.90 Å². The van der Waals surface area contributed by atoms with Gasteiger partial charge in [-0.25, -0.2) is 0 Å². The molecule has 3 rings (SSSR count). The molecule has 4 heteroatoms. The van der Waals surface area contributed by atoms with E-state index < -0.39 is 0 Å². The molecule has 0 bridgehead atoms. The largest absolute Gasteiger partial charge is 0.504 e. The predicted molar refractivity (Wildman–Crippen MR) is 72.9 cm³/mol. The van der Waals surface area contributed by atoms with Crippen LogP contribution in [0.2, 0.25) is 0 Å². The van der Waals surface area contributed by atoms with Crippen LogP contribution >= 0.6 is 0 Å². The molecule has 2 heterocycles. The number of rotatable bonds is 2. The average molecular weight is 263 g/mol. The first-order chi connectivity index (χ1) is 9.20. The van der Waals surface area contributed by atoms with Gasteiger partial charge in [0.1, 0.15) is 12.4 Å². The molecule has 1 aromatic rings. The second-order valence-corrected chi connectivity index (χ2v) is 5.54. The van der Waals surface area contributed by atoms with Crippen LogP contribution in [0.5, 0.6) is 17.2 Å². The second-order valence-electron chi connectivity index (χ2n) is 5.54. The Labute approximate surface area is 113 Å². The fraction of sp³-hybridized carbons (Fsp3) is 0.600. The smallest absolute Gasteiger partial charge is 0.161 e. The summed E-state index contributed by atoms with van der Waals surface area (Å²) in [6.07, 6.45) is 3.46. The van der Waals surface area contributed by atoms with E-state index >= 15 is 0 Å². The number of nitrogens with zero attached hydrogens (tertiary/aromatic N) is 1. The predicted octanol–water partition coefficient (Wildman–Crippen LogP) is 2.45. The number of ether oxygens (including phenoxy) is 1. The van der Waals surface area contributed by atoms with E-state index in [4.69, 9.17) is 4.74 Å². The van der Waals surface area contributed by atoms with Gasteiger partial charge in [0, 0.05) is 17.5 Å². The zero-order valence-electron chi connectivity index (χ0n) is 11.3. The summed E-state index contributed by atoms with van der Waals surface area (Å²) in [5.74, 6) is 1.000. The van der Waals surface area contributed by atoms with E-state index in [-0.39, 0.29) is 11.5 Å². The van der Waals surface area contributed by atoms with Crippen molar-refractivity contribution < 1.29 is 14.9 Å². The lowest BCUT2D eigenvalue weighted by Gasteiger charge is -2.44. The molecule has 104 valence electrons. The van der Waals surface area contributed by atoms with Crippen molar-refractivity contribution in [1.29, 1.82) is 0 Å². The highest BCUT2D eigenvalue weighted by molar-refractivity contribution is 5.52. The fourth-order valence-corrected chi connectivity index (χ4v) is 3.44. The van der Waals surface area contributed by atoms with Crippen molar-refractivity contribution in [3.63, 3.8) is 0 Å². The second kappa shape index (κ2) is 4.93. The van der Waals surface area contributed by atoms with Crippen molar-refractivity contribution in [2.45, 2.75) is 38.1 Å². The van der Waals surface area contributed by atoms with Crippen LogP contribution in [0.15, 0.2) is 12.1 Å². The molecule has 0 radical (unpaired) electrons. The van der Waals surface area contributed by atoms with Crippen molar-refractivity contribution in [3.05, 3.63) is 17.7 Å². The SMILES string of the molecule is CCCN1CCCC2c3cc(O)c(O)cc3OCC21. The van der Waals surface area contributed by atoms with Gasteiger partial charge < -0.3 is 14.9 Å². The molecule has 1 aromatic carbocycles. The van der Waals surface area contributed by atoms with E-state index in [1.54, 1.807) is 12.1 Å². The molecule has 2 aliphatic heterocycles. The van der Waals surface area contributed by atoms with Crippen LogP contribution in [0, 0.1) is 0 Å². The molecule has 0 aromatic heterocycles. The lowest BCUT2D eigenvalue weighted by Crippen LogP contribution is -2.49. The minimum Gasteiger partial charge on any atom is -0.504 e. The molecule has 0 saturated carbocycles. The molecule has 0 amide bonds. The van der Waals surface area contributed by atoms with Crippen LogP contribution < -0.4 is 4.74 Å². The average Bonchev–Trinajstić information content (AvgIpc) is 2.41. The lowest BCUT2D eigenvalue weighted by atomic mass is 9.81. The zero-order chi connectivity index (χ0) is 13.4. The van der Waals surface area contributed by atoms with E-state index in [1.165, 1.54) is 6.42 Å². The summed E-state index contributed by atoms with van der Waals surface area (Å²) in [4.78, 5) is 2.50. The summed E-state index contributed by atoms with van der Waals surface area (Å²) in [7, 11) is 0. The van der Waals surface area contributed by atoms with Gasteiger partial charge in [0.2, 0.25) is 0 Å². The minimum absolute atomic E-state index is 0.0457. The highest BCUT2D eigenvalue weighted by Gasteiger charge is 2.37. The standard InChI is InChI=1S/C15H21NO3/c1-2-5-16-6-3-4-10-11-7-13(17)14(18)8-15(11)19-9-12(10)16/h7-8,10,12,17-18H,2-6,9H2,1H3. The van der Waals surface area contributed by atoms with E-state index in [2.05, 4.69) is 11.8 Å². The van der Waals surface area contributed by atoms with Crippen molar-refractivity contribution in [2.75, 3.05) is 19.7 Å². The van der Waals surface area contributed by atoms with Crippen LogP contribution in [-0.4, -0.2) is 40.9 Å². The fourth-order valence-electron chi connectivity index (χ4n) is 3.44. The molecule has 0 aliphatic carbocycles. The first-order valence-electron chi connectivity index (χ1n) is 7.13. The molecule has 2 N–H and O–H groups in total. The van der Waals surface area contributed by atoms with Crippen LogP contribution in [-0.2, 0) is 0 Å². The Bertz CT molecular complexity index is 473. The van der Waals surface area contributed by atoms with Gasteiger partial charge in [-0.3, -0.25) is 4.90 Å². The van der Waals surface area contributed by atoms with Crippen LogP contribution in [0.25, 0.3) is 0 Å². The maximum absolute atomic E-state index is 9.72. The third kappa shape index (κ3) is 2.14. The number of hydrogen-bond donors (Lipinski definition) is 2. The summed E-state index contributed by atoms with van der Waals surface area (Å²) in [5.41, 5.74) is 1.05. The molecule has 2 aliphatic rings. The number of fused-ring (bicyclic) bond motifs is 3. The van der Waals surface area contributed by atoms with E-state index in [0.717, 1.165) is 37.2 Å². The first-order valence-corrected chi connectivity index (χ1v) is 7.13. The number of phenolic OH excluding ortho intramolecular Hbond substituents is 2. The summed E-state index contributed by atoms with van der Waals surface area (Å²) in [6.45, 7) is 5.12. The monoisotopic (exact) mass is 263 g/mol. The highest BCUT2D eigenvalue weighted by atomic mass is 16.5. The molecule has 1 fully saturated rings. The minimum atomic E-state index is -0.0987. The third-order valence-electron chi connectivity index (χ3n) is 4.32. The van der Waals surface area contributed by atoms with Gasteiger partial charge in [0.15, 0.2) is 11.5 Å². The molecule has 0 spiro atoms. The number of benzene rings is 1. The Morgan fingerprint density at radius 1 is 1.32 bits per heavy atom. The van der Waals surface area contributed by atoms with E-state index in [9.17, 15) is 10.2 Å². The summed E-state index contributed by atoms with van der Waals surface area (Å²) in [6, 6.07) is 3.63. The van der Waals surface area contributed by atoms with Gasteiger partial charge in [0.05, 0.1) is 6.04 Å². The zero-order valence-corrected chi connectivity index (χ0v) is 11.3. The summed E-state index contributed by atoms with van der Waals surface area (Å²) < 4.78 is 5.79. The third-order valence-corrected chi connectivity index (χ3v) is 4.32. The Morgan fingerprint density at radius 3 is 2.89 bits per heavy atom. The van der Waals surface area contributed by atoms with Crippen molar-refractivity contribution in [2.24, 2.45) is 0 Å². The molecule has 2 atom stereocenters. The number of phenols is 2. The van der Waals surface area contributed by atoms with Gasteiger partial charge in [0.25, 0.3) is 0 Å². The summed E-state index contributed by atoms with van der Waals surface area (Å²) in [5, 5.41) is 19.3. The Hall–Kier alpha value is -1.42. The lowest BCUT2D eigenvalue weighted by molar-refractivity contribution is 0.0656. The number of aromatic hydroxyl groups is 2. The Balaban J connectivity index is 1.93. The van der Waals surface area contributed by atoms with Crippen LogP contribution in [0.1, 0.15) is 37.7 Å². The molecule has 19 heavy (non-hydrogen) atoms. The highest BCUT2D eigenvalue weighted by Crippen LogP contribution is 2.45. The van der Waals surface area contributed by atoms with Gasteiger partial charge in [-0.05, 0) is 38.4 Å². The number of hydrogen-bond acceptors (Lipinski definition) is 4. The maximum atomic E-state index is 9.72. The normalized spacial score (nSPS) is 26.4. The van der Waals surface area contributed by atoms with Crippen molar-refractivity contribution >= 4 is 0 Å². The van der Waals surface area contributed by atoms with Gasteiger partial charge in [-0.2, -0.15) is 0 Å². The molecular weight excluding hydrogens is 242 g/mol. The van der Waals surface area contributed by atoms with Gasteiger partial charge in [-0.15, -0.1) is 0 Å². The molecule has 4 nitrogen and oxygen atoms in total. The maximum Gasteiger partial charge on any atom is 0.161 e. The molecular formula is C15H21NO3. The van der Waals surface area contributed by atoms with E-state index in [0.29, 0.717) is 18.6 Å². The summed E-state index contributed by atoms with van der Waals surface area (Å²) >= 11 is 0. The molecule has 2 unspecified atom stereocenters. The van der Waals surface area contributed by atoms with Crippen LogP contribution in [0.4, 0.5) is 0 Å². The van der Waals surface area contributed by atoms with Gasteiger partial charge >= 0.3 is 0 Å². The molecule has 1 saturated heterocycles. The topological polar surface area (TPSA) is 52.9 Å². The first kappa shape index (κ1) is 12.6. The van der Waals surface area contributed by atoms with Gasteiger partial charge in [-0.1, -0.05) is 6.92 Å². The van der Waals surface area contributed by atoms with Crippen molar-refractivity contribution in [3.8, 4) is 17.2 Å². The Morgan fingerprint density at radius 2 is 2.11 bits per heavy atom. The number of likely N-dealkylation sites (tertiary alicyclic amines) is 1.